The van der Waals surface area contributed by atoms with E-state index in [1.807, 2.05) is 12.1 Å². The Kier molecular flexibility index (Phi) is 7.93. The highest BCUT2D eigenvalue weighted by Gasteiger charge is 2.69. The molecule has 0 radical (unpaired) electrons. The third kappa shape index (κ3) is 6.83. The lowest BCUT2D eigenvalue weighted by atomic mass is 10.0. The summed E-state index contributed by atoms with van der Waals surface area (Å²) in [4.78, 5) is -0.588. The molecule has 0 unspecified atom stereocenters. The van der Waals surface area contributed by atoms with E-state index in [2.05, 4.69) is 4.94 Å². The van der Waals surface area contributed by atoms with Crippen LogP contribution in [0.15, 0.2) is 53.4 Å². The lowest BCUT2D eigenvalue weighted by Crippen LogP contribution is -2.11. The van der Waals surface area contributed by atoms with Crippen molar-refractivity contribution >= 4 is 10.2 Å². The fraction of sp³-hybridized carbons (Fsp3) is 0.182. The van der Waals surface area contributed by atoms with Crippen molar-refractivity contribution in [3.05, 3.63) is 65.7 Å². The van der Waals surface area contributed by atoms with Gasteiger partial charge in [-0.25, -0.2) is 13.2 Å². The van der Waals surface area contributed by atoms with E-state index in [1.165, 1.54) is 0 Å². The first-order valence-electron chi connectivity index (χ1n) is 9.55. The van der Waals surface area contributed by atoms with Crippen LogP contribution in [-0.2, 0) is 6.67 Å². The molecule has 0 heterocycles. The largest absolute Gasteiger partial charge is 0.496 e. The summed E-state index contributed by atoms with van der Waals surface area (Å²) >= 11 is 0. The van der Waals surface area contributed by atoms with Crippen molar-refractivity contribution < 1.29 is 56.3 Å². The second-order valence-electron chi connectivity index (χ2n) is 7.00. The molecule has 0 N–H and O–H groups in total. The first-order valence-corrected chi connectivity index (χ1v) is 11.5. The van der Waals surface area contributed by atoms with Gasteiger partial charge in [-0.1, -0.05) is 43.7 Å². The normalized spacial score (nSPS) is 13.0. The Morgan fingerprint density at radius 1 is 0.694 bits per heavy atom. The van der Waals surface area contributed by atoms with Gasteiger partial charge in [0.15, 0.2) is 22.3 Å². The van der Waals surface area contributed by atoms with E-state index in [9.17, 15) is 37.1 Å². The fourth-order valence-corrected chi connectivity index (χ4v) is 3.86. The molecule has 200 valence electrons. The fourth-order valence-electron chi connectivity index (χ4n) is 3.00. The third-order valence-electron chi connectivity index (χ3n) is 4.56. The van der Waals surface area contributed by atoms with Gasteiger partial charge in [0.25, 0.3) is 0 Å². The number of methoxy groups -OCH3 is 3. The van der Waals surface area contributed by atoms with E-state index in [4.69, 9.17) is 14.2 Å². The van der Waals surface area contributed by atoms with Gasteiger partial charge in [-0.2, -0.15) is 0 Å². The van der Waals surface area contributed by atoms with Gasteiger partial charge in [0.2, 0.25) is 0 Å². The Morgan fingerprint density at radius 2 is 1.17 bits per heavy atom. The van der Waals surface area contributed by atoms with Crippen LogP contribution in [0.4, 0.5) is 37.1 Å². The second kappa shape index (κ2) is 9.91. The van der Waals surface area contributed by atoms with Gasteiger partial charge < -0.3 is 14.2 Å². The Labute approximate surface area is 199 Å². The minimum atomic E-state index is -10.5. The van der Waals surface area contributed by atoms with E-state index >= 15 is 0 Å². The lowest BCUT2D eigenvalue weighted by Gasteiger charge is -2.40. The van der Waals surface area contributed by atoms with E-state index in [1.54, 1.807) is 45.6 Å². The Balaban J connectivity index is 0.000000261. The van der Waals surface area contributed by atoms with Crippen molar-refractivity contribution in [1.29, 1.82) is 0 Å². The van der Waals surface area contributed by atoms with E-state index in [-0.39, 0.29) is 12.1 Å². The van der Waals surface area contributed by atoms with Crippen molar-refractivity contribution in [2.75, 3.05) is 21.3 Å². The smallest absolute Gasteiger partial charge is 0.315 e. The average molecular weight is 550 g/mol. The van der Waals surface area contributed by atoms with Crippen LogP contribution in [-0.4, -0.2) is 21.3 Å². The number of hydrogen-bond donors (Lipinski definition) is 0. The van der Waals surface area contributed by atoms with Crippen LogP contribution in [0.2, 0.25) is 0 Å². The van der Waals surface area contributed by atoms with Crippen LogP contribution < -0.4 is 19.2 Å². The summed E-state index contributed by atoms with van der Waals surface area (Å²) in [6.45, 7) is -0.475. The average Bonchev–Trinajstić information content (AvgIpc) is 2.81. The van der Waals surface area contributed by atoms with E-state index < -0.39 is 39.2 Å². The number of alkyl halides is 1. The molecule has 0 bridgehead atoms. The molecule has 3 aromatic carbocycles. The zero-order valence-corrected chi connectivity index (χ0v) is 19.6. The molecule has 4 nitrogen and oxygen atoms in total. The number of hydrogen-bond acceptors (Lipinski definition) is 4. The summed E-state index contributed by atoms with van der Waals surface area (Å²) < 4.78 is 126. The molecule has 0 saturated heterocycles. The molecule has 0 saturated carbocycles. The van der Waals surface area contributed by atoms with E-state index in [0.717, 1.165) is 11.1 Å². The zero-order chi connectivity index (χ0) is 27.4. The highest BCUT2D eigenvalue weighted by atomic mass is 32.5. The third-order valence-corrected chi connectivity index (χ3v) is 5.72. The van der Waals surface area contributed by atoms with Gasteiger partial charge in [-0.05, 0) is 11.1 Å². The quantitative estimate of drug-likeness (QED) is 0.276. The van der Waals surface area contributed by atoms with Gasteiger partial charge >= 0.3 is 10.2 Å². The first kappa shape index (κ1) is 28.8. The topological polar surface area (TPSA) is 36.9 Å². The molecule has 0 aromatic heterocycles. The van der Waals surface area contributed by atoms with E-state index in [0.29, 0.717) is 22.8 Å². The molecule has 3 rings (SSSR count). The molecule has 0 fully saturated rings. The van der Waals surface area contributed by atoms with Crippen molar-refractivity contribution in [3.8, 4) is 34.1 Å². The summed E-state index contributed by atoms with van der Waals surface area (Å²) in [7, 11) is -5.72. The summed E-state index contributed by atoms with van der Waals surface area (Å²) in [5.41, 5.74) is 2.36. The summed E-state index contributed by atoms with van der Waals surface area (Å²) in [6.07, 6.45) is 0. The van der Waals surface area contributed by atoms with Gasteiger partial charge in [0, 0.05) is 28.8 Å². The van der Waals surface area contributed by atoms with Gasteiger partial charge in [0.05, 0.1) is 26.9 Å². The highest BCUT2D eigenvalue weighted by Crippen LogP contribution is 3.02. The summed E-state index contributed by atoms with van der Waals surface area (Å²) in [5, 5.41) is 0. The first-order chi connectivity index (χ1) is 16.6. The standard InChI is InChI=1S/C16H17FO3.C6H2F8OS/c1-18-13-8-14(19-2)16(15(9-13)20-3)12-6-4-11(10-17)5-7-12;7-4-1-3(15-9)2-5(8)6(4)16(10,11,12,13)14/h4-9H,10H2,1-3H3;1-2H. The Hall–Kier alpha value is -3.42. The number of rotatable bonds is 7. The predicted molar refractivity (Wildman–Crippen MR) is 116 cm³/mol. The molecule has 14 heteroatoms. The maximum absolute atomic E-state index is 12.6. The molecule has 0 atom stereocenters. The SMILES string of the molecule is COc1cc(OC)c(-c2ccc(CF)cc2)c(OC)c1.FOc1cc(F)c(S(F)(F)(F)(F)F)c(F)c1. The monoisotopic (exact) mass is 550 g/mol. The molecule has 0 amide bonds. The maximum atomic E-state index is 12.6. The molecule has 0 aliphatic rings. The van der Waals surface area contributed by atoms with Crippen LogP contribution in [0.3, 0.4) is 0 Å². The molecule has 0 aliphatic carbocycles. The second-order valence-corrected chi connectivity index (χ2v) is 9.35. The predicted octanol–water partition coefficient (Wildman–Crippen LogP) is 8.73. The van der Waals surface area contributed by atoms with Crippen molar-refractivity contribution in [3.63, 3.8) is 0 Å². The van der Waals surface area contributed by atoms with Crippen molar-refractivity contribution in [1.82, 2.24) is 0 Å². The molecule has 3 aromatic rings. The Bertz CT molecular complexity index is 1170. The molecule has 36 heavy (non-hydrogen) atoms. The lowest BCUT2D eigenvalue weighted by molar-refractivity contribution is -0.00711. The minimum absolute atomic E-state index is 0.337. The number of halogens is 9. The number of benzene rings is 3. The zero-order valence-electron chi connectivity index (χ0n) is 18.8. The molecular formula is C22H19F9O4S. The number of ether oxygens (including phenoxy) is 3. The van der Waals surface area contributed by atoms with Gasteiger partial charge in [0.1, 0.15) is 23.9 Å². The molecular weight excluding hydrogens is 531 g/mol. The van der Waals surface area contributed by atoms with Crippen molar-refractivity contribution in [2.24, 2.45) is 0 Å². The summed E-state index contributed by atoms with van der Waals surface area (Å²) in [6, 6.07) is 10.1. The highest BCUT2D eigenvalue weighted by molar-refractivity contribution is 8.45. The van der Waals surface area contributed by atoms with Crippen LogP contribution in [0.1, 0.15) is 5.56 Å². The maximum Gasteiger partial charge on any atom is 0.315 e. The summed E-state index contributed by atoms with van der Waals surface area (Å²) in [5.74, 6) is -4.63. The van der Waals surface area contributed by atoms with Gasteiger partial charge in [-0.3, -0.25) is 4.94 Å². The van der Waals surface area contributed by atoms with Crippen LogP contribution in [0.5, 0.6) is 23.0 Å². The van der Waals surface area contributed by atoms with Crippen LogP contribution in [0, 0.1) is 11.6 Å². The van der Waals surface area contributed by atoms with Gasteiger partial charge in [-0.15, -0.1) is 0 Å². The van der Waals surface area contributed by atoms with Crippen LogP contribution >= 0.6 is 10.2 Å². The minimum Gasteiger partial charge on any atom is -0.496 e. The van der Waals surface area contributed by atoms with Crippen LogP contribution in [0.25, 0.3) is 11.1 Å². The molecule has 0 spiro atoms. The molecule has 0 aliphatic heterocycles. The Morgan fingerprint density at radius 3 is 1.50 bits per heavy atom. The van der Waals surface area contributed by atoms with Crippen molar-refractivity contribution in [2.45, 2.75) is 11.6 Å².